The van der Waals surface area contributed by atoms with Crippen molar-refractivity contribution < 1.29 is 9.90 Å². The third-order valence-corrected chi connectivity index (χ3v) is 2.57. The van der Waals surface area contributed by atoms with Crippen LogP contribution in [-0.2, 0) is 11.2 Å². The van der Waals surface area contributed by atoms with Gasteiger partial charge in [0.25, 0.3) is 0 Å². The van der Waals surface area contributed by atoms with Crippen molar-refractivity contribution >= 4 is 5.97 Å². The molecule has 86 valence electrons. The minimum atomic E-state index is -0.820. The molecule has 3 heteroatoms. The summed E-state index contributed by atoms with van der Waals surface area (Å²) >= 11 is 0. The van der Waals surface area contributed by atoms with Gasteiger partial charge in [-0.05, 0) is 30.2 Å². The van der Waals surface area contributed by atoms with Crippen molar-refractivity contribution in [3.05, 3.63) is 53.7 Å². The molecular formula is C14H13NO2. The van der Waals surface area contributed by atoms with Crippen molar-refractivity contribution in [2.24, 2.45) is 0 Å². The van der Waals surface area contributed by atoms with Gasteiger partial charge in [-0.25, -0.2) is 0 Å². The van der Waals surface area contributed by atoms with Crippen molar-refractivity contribution in [3.63, 3.8) is 0 Å². The summed E-state index contributed by atoms with van der Waals surface area (Å²) in [5, 5.41) is 8.77. The number of carboxylic acids is 1. The molecule has 1 aromatic carbocycles. The molecule has 0 atom stereocenters. The molecule has 0 spiro atoms. The van der Waals surface area contributed by atoms with E-state index in [1.165, 1.54) is 0 Å². The molecule has 2 rings (SSSR count). The highest BCUT2D eigenvalue weighted by molar-refractivity contribution is 5.72. The summed E-state index contributed by atoms with van der Waals surface area (Å²) in [6, 6.07) is 11.4. The predicted molar refractivity (Wildman–Crippen MR) is 65.7 cm³/mol. The lowest BCUT2D eigenvalue weighted by molar-refractivity contribution is -0.136. The molecule has 1 N–H and O–H groups in total. The van der Waals surface area contributed by atoms with E-state index in [9.17, 15) is 4.79 Å². The fourth-order valence-corrected chi connectivity index (χ4v) is 1.79. The lowest BCUT2D eigenvalue weighted by Gasteiger charge is -2.06. The molecule has 0 unspecified atom stereocenters. The number of hydrogen-bond donors (Lipinski definition) is 1. The molecule has 0 saturated heterocycles. The number of benzene rings is 1. The highest BCUT2D eigenvalue weighted by Crippen LogP contribution is 2.21. The van der Waals surface area contributed by atoms with E-state index in [-0.39, 0.29) is 6.42 Å². The first kappa shape index (κ1) is 11.3. The second kappa shape index (κ2) is 4.78. The van der Waals surface area contributed by atoms with Gasteiger partial charge < -0.3 is 5.11 Å². The number of hydrogen-bond acceptors (Lipinski definition) is 2. The third-order valence-electron chi connectivity index (χ3n) is 2.57. The van der Waals surface area contributed by atoms with Gasteiger partial charge in [0.2, 0.25) is 0 Å². The van der Waals surface area contributed by atoms with E-state index < -0.39 is 5.97 Å². The Morgan fingerprint density at radius 3 is 2.82 bits per heavy atom. The fourth-order valence-electron chi connectivity index (χ4n) is 1.79. The number of carboxylic acid groups (broad SMARTS) is 1. The number of nitrogens with zero attached hydrogens (tertiary/aromatic N) is 1. The lowest BCUT2D eigenvalue weighted by Crippen LogP contribution is -2.00. The average molecular weight is 227 g/mol. The molecule has 0 aliphatic carbocycles. The van der Waals surface area contributed by atoms with Crippen LogP contribution in [0.2, 0.25) is 0 Å². The second-order valence-electron chi connectivity index (χ2n) is 3.94. The summed E-state index contributed by atoms with van der Waals surface area (Å²) in [6.45, 7) is 1.99. The Kier molecular flexibility index (Phi) is 3.19. The fraction of sp³-hybridized carbons (Fsp3) is 0.143. The van der Waals surface area contributed by atoms with E-state index in [1.807, 2.05) is 43.3 Å². The van der Waals surface area contributed by atoms with Gasteiger partial charge in [-0.1, -0.05) is 24.3 Å². The van der Waals surface area contributed by atoms with Crippen LogP contribution in [0.1, 0.15) is 11.1 Å². The largest absolute Gasteiger partial charge is 0.481 e. The Morgan fingerprint density at radius 2 is 2.12 bits per heavy atom. The zero-order chi connectivity index (χ0) is 12.3. The van der Waals surface area contributed by atoms with Crippen LogP contribution in [-0.4, -0.2) is 16.1 Å². The van der Waals surface area contributed by atoms with Gasteiger partial charge in [0.05, 0.1) is 12.1 Å². The summed E-state index contributed by atoms with van der Waals surface area (Å²) in [5.74, 6) is -0.820. The molecule has 17 heavy (non-hydrogen) atoms. The van der Waals surface area contributed by atoms with E-state index in [0.29, 0.717) is 0 Å². The van der Waals surface area contributed by atoms with Crippen LogP contribution in [0.5, 0.6) is 0 Å². The van der Waals surface area contributed by atoms with E-state index in [4.69, 9.17) is 5.11 Å². The molecule has 3 nitrogen and oxygen atoms in total. The second-order valence-corrected chi connectivity index (χ2v) is 3.94. The molecule has 0 aliphatic heterocycles. The van der Waals surface area contributed by atoms with Gasteiger partial charge in [-0.2, -0.15) is 0 Å². The molecule has 0 aliphatic rings. The molecule has 1 aromatic heterocycles. The van der Waals surface area contributed by atoms with Crippen molar-refractivity contribution in [1.29, 1.82) is 0 Å². The maximum Gasteiger partial charge on any atom is 0.307 e. The Hall–Kier alpha value is -2.16. The number of carbonyl (C=O) groups is 1. The predicted octanol–water partition coefficient (Wildman–Crippen LogP) is 2.68. The Bertz CT molecular complexity index is 549. The average Bonchev–Trinajstić information content (AvgIpc) is 2.29. The minimum absolute atomic E-state index is 0.0414. The molecule has 0 saturated carbocycles. The van der Waals surface area contributed by atoms with E-state index in [2.05, 4.69) is 4.98 Å². The van der Waals surface area contributed by atoms with Crippen molar-refractivity contribution in [3.8, 4) is 11.3 Å². The first-order valence-corrected chi connectivity index (χ1v) is 5.39. The zero-order valence-electron chi connectivity index (χ0n) is 9.55. The molecule has 0 fully saturated rings. The topological polar surface area (TPSA) is 50.2 Å². The molecular weight excluding hydrogens is 214 g/mol. The highest BCUT2D eigenvalue weighted by atomic mass is 16.4. The summed E-state index contributed by atoms with van der Waals surface area (Å²) in [5.41, 5.74) is 3.74. The van der Waals surface area contributed by atoms with Crippen LogP contribution < -0.4 is 0 Å². The maximum atomic E-state index is 10.7. The number of rotatable bonds is 3. The number of aromatic nitrogens is 1. The van der Waals surface area contributed by atoms with Crippen molar-refractivity contribution in [1.82, 2.24) is 4.98 Å². The van der Waals surface area contributed by atoms with Gasteiger partial charge >= 0.3 is 5.97 Å². The quantitative estimate of drug-likeness (QED) is 0.877. The summed E-state index contributed by atoms with van der Waals surface area (Å²) in [7, 11) is 0. The molecule has 0 bridgehead atoms. The zero-order valence-corrected chi connectivity index (χ0v) is 9.55. The number of aliphatic carboxylic acids is 1. The summed E-state index contributed by atoms with van der Waals surface area (Å²) in [4.78, 5) is 15.0. The Labute approximate surface area is 99.8 Å². The highest BCUT2D eigenvalue weighted by Gasteiger charge is 2.05. The van der Waals surface area contributed by atoms with Crippen molar-refractivity contribution in [2.45, 2.75) is 13.3 Å². The van der Waals surface area contributed by atoms with Crippen molar-refractivity contribution in [2.75, 3.05) is 0 Å². The van der Waals surface area contributed by atoms with Gasteiger partial charge in [-0.3, -0.25) is 9.78 Å². The van der Waals surface area contributed by atoms with Crippen LogP contribution in [0.15, 0.2) is 42.6 Å². The van der Waals surface area contributed by atoms with Gasteiger partial charge in [0.15, 0.2) is 0 Å². The van der Waals surface area contributed by atoms with Crippen LogP contribution in [0, 0.1) is 6.92 Å². The first-order chi connectivity index (χ1) is 8.16. The maximum absolute atomic E-state index is 10.7. The van der Waals surface area contributed by atoms with Crippen LogP contribution in [0.4, 0.5) is 0 Å². The first-order valence-electron chi connectivity index (χ1n) is 5.39. The molecule has 0 radical (unpaired) electrons. The number of pyridine rings is 1. The lowest BCUT2D eigenvalue weighted by atomic mass is 10.0. The van der Waals surface area contributed by atoms with Gasteiger partial charge in [0, 0.05) is 11.8 Å². The Morgan fingerprint density at radius 1 is 1.29 bits per heavy atom. The monoisotopic (exact) mass is 227 g/mol. The number of aryl methyl sites for hydroxylation is 1. The molecule has 2 aromatic rings. The minimum Gasteiger partial charge on any atom is -0.481 e. The van der Waals surface area contributed by atoms with E-state index in [0.717, 1.165) is 22.4 Å². The smallest absolute Gasteiger partial charge is 0.307 e. The summed E-state index contributed by atoms with van der Waals surface area (Å²) < 4.78 is 0. The normalized spacial score (nSPS) is 10.2. The third kappa shape index (κ3) is 2.69. The van der Waals surface area contributed by atoms with Crippen LogP contribution in [0.25, 0.3) is 11.3 Å². The van der Waals surface area contributed by atoms with Crippen LogP contribution in [0.3, 0.4) is 0 Å². The van der Waals surface area contributed by atoms with Crippen LogP contribution >= 0.6 is 0 Å². The van der Waals surface area contributed by atoms with Gasteiger partial charge in [0.1, 0.15) is 0 Å². The standard InChI is InChI=1S/C14H13NO2/c1-10-4-3-7-15-14(10)12-6-2-5-11(8-12)9-13(16)17/h2-8H,9H2,1H3,(H,16,17). The molecule has 1 heterocycles. The van der Waals surface area contributed by atoms with E-state index in [1.54, 1.807) is 6.20 Å². The SMILES string of the molecule is Cc1cccnc1-c1cccc(CC(=O)O)c1. The Balaban J connectivity index is 2.40. The van der Waals surface area contributed by atoms with Gasteiger partial charge in [-0.15, -0.1) is 0 Å². The molecule has 0 amide bonds. The summed E-state index contributed by atoms with van der Waals surface area (Å²) in [6.07, 6.45) is 1.78. The van der Waals surface area contributed by atoms with E-state index >= 15 is 0 Å².